The van der Waals surface area contributed by atoms with E-state index in [2.05, 4.69) is 0 Å². The third-order valence-electron chi connectivity index (χ3n) is 5.69. The summed E-state index contributed by atoms with van der Waals surface area (Å²) in [4.78, 5) is 41.0. The summed E-state index contributed by atoms with van der Waals surface area (Å²) in [5, 5.41) is 0. The zero-order chi connectivity index (χ0) is 19.1. The number of hydrogen-bond acceptors (Lipinski definition) is 5. The molecule has 7 heteroatoms. The number of likely N-dealkylation sites (tertiary alicyclic amines) is 2. The van der Waals surface area contributed by atoms with E-state index < -0.39 is 0 Å². The maximum Gasteiger partial charge on any atom is 0.254 e. The molecule has 3 amide bonds. The Morgan fingerprint density at radius 3 is 2.11 bits per heavy atom. The van der Waals surface area contributed by atoms with E-state index in [0.29, 0.717) is 43.0 Å². The standard InChI is InChI=1S/C20H22N2O5/c1-26-16-8-7-12(9-17(16)27-2)18(23)21-10-13(11-21)22-19(24)14-5-3-4-6-15(14)20(22)25/h3-4,7-9,13-15H,5-6,10-11H2,1-2H3. The van der Waals surface area contributed by atoms with Gasteiger partial charge in [0.25, 0.3) is 5.91 Å². The van der Waals surface area contributed by atoms with Crippen LogP contribution in [-0.4, -0.2) is 60.9 Å². The van der Waals surface area contributed by atoms with E-state index >= 15 is 0 Å². The molecular formula is C20H22N2O5. The molecule has 2 unspecified atom stereocenters. The molecule has 1 aromatic carbocycles. The highest BCUT2D eigenvalue weighted by molar-refractivity contribution is 6.06. The van der Waals surface area contributed by atoms with Crippen LogP contribution in [0.15, 0.2) is 30.4 Å². The highest BCUT2D eigenvalue weighted by atomic mass is 16.5. The van der Waals surface area contributed by atoms with Gasteiger partial charge in [0.2, 0.25) is 11.8 Å². The van der Waals surface area contributed by atoms with Gasteiger partial charge < -0.3 is 14.4 Å². The lowest BCUT2D eigenvalue weighted by Gasteiger charge is -2.43. The van der Waals surface area contributed by atoms with Gasteiger partial charge in [-0.3, -0.25) is 19.3 Å². The van der Waals surface area contributed by atoms with E-state index in [1.54, 1.807) is 23.1 Å². The number of hydrogen-bond donors (Lipinski definition) is 0. The van der Waals surface area contributed by atoms with Gasteiger partial charge in [0.05, 0.1) is 32.1 Å². The second-order valence-corrected chi connectivity index (χ2v) is 7.14. The fourth-order valence-electron chi connectivity index (χ4n) is 4.12. The SMILES string of the molecule is COc1ccc(C(=O)N2CC(N3C(=O)C4CC=CCC4C3=O)C2)cc1OC. The zero-order valence-corrected chi connectivity index (χ0v) is 15.4. The molecule has 2 atom stereocenters. The van der Waals surface area contributed by atoms with Crippen LogP contribution in [0.4, 0.5) is 0 Å². The Balaban J connectivity index is 1.43. The molecule has 3 aliphatic rings. The molecule has 1 aliphatic carbocycles. The molecule has 27 heavy (non-hydrogen) atoms. The summed E-state index contributed by atoms with van der Waals surface area (Å²) in [6.45, 7) is 0.745. The number of amides is 3. The largest absolute Gasteiger partial charge is 0.493 e. The molecule has 2 fully saturated rings. The monoisotopic (exact) mass is 370 g/mol. The summed E-state index contributed by atoms with van der Waals surface area (Å²) in [7, 11) is 3.06. The highest BCUT2D eigenvalue weighted by Gasteiger charge is 2.52. The molecule has 2 saturated heterocycles. The molecular weight excluding hydrogens is 348 g/mol. The van der Waals surface area contributed by atoms with E-state index in [-0.39, 0.29) is 35.6 Å². The van der Waals surface area contributed by atoms with Crippen molar-refractivity contribution < 1.29 is 23.9 Å². The van der Waals surface area contributed by atoms with Crippen molar-refractivity contribution >= 4 is 17.7 Å². The van der Waals surface area contributed by atoms with Gasteiger partial charge in [0, 0.05) is 18.7 Å². The number of carbonyl (C=O) groups is 3. The number of fused-ring (bicyclic) bond motifs is 1. The van der Waals surface area contributed by atoms with Crippen LogP contribution < -0.4 is 9.47 Å². The molecule has 4 rings (SSSR count). The minimum Gasteiger partial charge on any atom is -0.493 e. The van der Waals surface area contributed by atoms with Gasteiger partial charge >= 0.3 is 0 Å². The summed E-state index contributed by atoms with van der Waals surface area (Å²) >= 11 is 0. The predicted molar refractivity (Wildman–Crippen MR) is 96.4 cm³/mol. The summed E-state index contributed by atoms with van der Waals surface area (Å²) in [6, 6.07) is 4.79. The zero-order valence-electron chi connectivity index (χ0n) is 15.4. The van der Waals surface area contributed by atoms with Gasteiger partial charge in [-0.05, 0) is 31.0 Å². The van der Waals surface area contributed by atoms with Crippen LogP contribution >= 0.6 is 0 Å². The van der Waals surface area contributed by atoms with E-state index in [1.165, 1.54) is 19.1 Å². The first-order valence-corrected chi connectivity index (χ1v) is 9.08. The Morgan fingerprint density at radius 2 is 1.56 bits per heavy atom. The molecule has 1 aromatic rings. The average molecular weight is 370 g/mol. The van der Waals surface area contributed by atoms with Crippen LogP contribution in [0.25, 0.3) is 0 Å². The van der Waals surface area contributed by atoms with Crippen LogP contribution in [-0.2, 0) is 9.59 Å². The number of benzene rings is 1. The predicted octanol–water partition coefficient (Wildman–Crippen LogP) is 1.48. The third kappa shape index (κ3) is 2.78. The van der Waals surface area contributed by atoms with E-state index in [4.69, 9.17) is 9.47 Å². The third-order valence-corrected chi connectivity index (χ3v) is 5.69. The summed E-state index contributed by atoms with van der Waals surface area (Å²) in [6.07, 6.45) is 5.21. The lowest BCUT2D eigenvalue weighted by atomic mass is 9.85. The van der Waals surface area contributed by atoms with Gasteiger partial charge in [-0.1, -0.05) is 12.2 Å². The van der Waals surface area contributed by atoms with Crippen LogP contribution in [0.5, 0.6) is 11.5 Å². The van der Waals surface area contributed by atoms with Gasteiger partial charge in [-0.2, -0.15) is 0 Å². The highest BCUT2D eigenvalue weighted by Crippen LogP contribution is 2.38. The summed E-state index contributed by atoms with van der Waals surface area (Å²) in [5.74, 6) is 0.277. The second kappa shape index (κ2) is 6.72. The molecule has 142 valence electrons. The van der Waals surface area contributed by atoms with Crippen molar-refractivity contribution in [2.45, 2.75) is 18.9 Å². The topological polar surface area (TPSA) is 76.2 Å². The smallest absolute Gasteiger partial charge is 0.254 e. The summed E-state index contributed by atoms with van der Waals surface area (Å²) < 4.78 is 10.4. The lowest BCUT2D eigenvalue weighted by Crippen LogP contribution is -2.62. The van der Waals surface area contributed by atoms with Crippen LogP contribution in [0.3, 0.4) is 0 Å². The van der Waals surface area contributed by atoms with Gasteiger partial charge in [-0.25, -0.2) is 0 Å². The van der Waals surface area contributed by atoms with Crippen molar-refractivity contribution in [1.82, 2.24) is 9.80 Å². The quantitative estimate of drug-likeness (QED) is 0.593. The number of ether oxygens (including phenoxy) is 2. The van der Waals surface area contributed by atoms with Crippen molar-refractivity contribution in [3.8, 4) is 11.5 Å². The van der Waals surface area contributed by atoms with E-state index in [9.17, 15) is 14.4 Å². The average Bonchev–Trinajstić information content (AvgIpc) is 2.91. The number of nitrogens with zero attached hydrogens (tertiary/aromatic N) is 2. The Bertz CT molecular complexity index is 802. The Kier molecular flexibility index (Phi) is 4.37. The molecule has 0 aromatic heterocycles. The van der Waals surface area contributed by atoms with Crippen molar-refractivity contribution in [3.05, 3.63) is 35.9 Å². The Hall–Kier alpha value is -2.83. The maximum absolute atomic E-state index is 12.7. The minimum atomic E-state index is -0.224. The number of imide groups is 1. The lowest BCUT2D eigenvalue weighted by molar-refractivity contribution is -0.145. The van der Waals surface area contributed by atoms with Crippen LogP contribution in [0.2, 0.25) is 0 Å². The second-order valence-electron chi connectivity index (χ2n) is 7.14. The molecule has 2 heterocycles. The maximum atomic E-state index is 12.7. The van der Waals surface area contributed by atoms with Crippen molar-refractivity contribution in [1.29, 1.82) is 0 Å². The molecule has 2 aliphatic heterocycles. The van der Waals surface area contributed by atoms with Gasteiger partial charge in [-0.15, -0.1) is 0 Å². The molecule has 0 bridgehead atoms. The van der Waals surface area contributed by atoms with E-state index in [0.717, 1.165) is 0 Å². The number of carbonyl (C=O) groups excluding carboxylic acids is 3. The normalized spacial score (nSPS) is 24.7. The number of allylic oxidation sites excluding steroid dienone is 2. The van der Waals surface area contributed by atoms with Gasteiger partial charge in [0.1, 0.15) is 0 Å². The fourth-order valence-corrected chi connectivity index (χ4v) is 4.12. The van der Waals surface area contributed by atoms with E-state index in [1.807, 2.05) is 12.2 Å². The molecule has 0 spiro atoms. The minimum absolute atomic E-state index is 0.0856. The molecule has 0 N–H and O–H groups in total. The van der Waals surface area contributed by atoms with Crippen molar-refractivity contribution in [3.63, 3.8) is 0 Å². The Morgan fingerprint density at radius 1 is 0.963 bits per heavy atom. The first-order valence-electron chi connectivity index (χ1n) is 9.08. The molecule has 0 saturated carbocycles. The van der Waals surface area contributed by atoms with Gasteiger partial charge in [0.15, 0.2) is 11.5 Å². The molecule has 7 nitrogen and oxygen atoms in total. The number of rotatable bonds is 4. The van der Waals surface area contributed by atoms with Crippen LogP contribution in [0, 0.1) is 11.8 Å². The van der Waals surface area contributed by atoms with Crippen LogP contribution in [0.1, 0.15) is 23.2 Å². The fraction of sp³-hybridized carbons (Fsp3) is 0.450. The summed E-state index contributed by atoms with van der Waals surface area (Å²) in [5.41, 5.74) is 0.489. The number of methoxy groups -OCH3 is 2. The first-order chi connectivity index (χ1) is 13.0. The molecule has 0 radical (unpaired) electrons. The van der Waals surface area contributed by atoms with Crippen molar-refractivity contribution in [2.75, 3.05) is 27.3 Å². The first kappa shape index (κ1) is 17.6. The van der Waals surface area contributed by atoms with Crippen molar-refractivity contribution in [2.24, 2.45) is 11.8 Å². The Labute approximate surface area is 157 Å².